The quantitative estimate of drug-likeness (QED) is 0.169. The molecule has 0 aliphatic heterocycles. The van der Waals surface area contributed by atoms with Gasteiger partial charge in [-0.15, -0.1) is 0 Å². The van der Waals surface area contributed by atoms with Gasteiger partial charge >= 0.3 is 0 Å². The molecule has 0 amide bonds. The van der Waals surface area contributed by atoms with E-state index in [1.165, 1.54) is 111 Å². The van der Waals surface area contributed by atoms with E-state index in [0.717, 1.165) is 19.3 Å². The van der Waals surface area contributed by atoms with Gasteiger partial charge < -0.3 is 0 Å². The summed E-state index contributed by atoms with van der Waals surface area (Å²) < 4.78 is 0. The van der Waals surface area contributed by atoms with Crippen LogP contribution in [0.3, 0.4) is 0 Å². The van der Waals surface area contributed by atoms with Crippen LogP contribution in [0, 0.1) is 11.3 Å². The van der Waals surface area contributed by atoms with E-state index in [9.17, 15) is 0 Å². The number of allylic oxidation sites excluding steroid dienone is 1. The highest BCUT2D eigenvalue weighted by atomic mass is 14.3. The van der Waals surface area contributed by atoms with Gasteiger partial charge in [-0.25, -0.2) is 0 Å². The van der Waals surface area contributed by atoms with Crippen molar-refractivity contribution in [2.24, 2.45) is 11.3 Å². The molecule has 54 heavy (non-hydrogen) atoms. The van der Waals surface area contributed by atoms with E-state index in [2.05, 4.69) is 151 Å². The summed E-state index contributed by atoms with van der Waals surface area (Å²) in [6.45, 7) is 14.1. The van der Waals surface area contributed by atoms with Gasteiger partial charge in [-0.2, -0.15) is 0 Å². The van der Waals surface area contributed by atoms with Crippen molar-refractivity contribution in [2.45, 2.75) is 91.4 Å². The molecule has 0 radical (unpaired) electrons. The molecule has 0 fully saturated rings. The summed E-state index contributed by atoms with van der Waals surface area (Å²) >= 11 is 0. The van der Waals surface area contributed by atoms with Crippen molar-refractivity contribution >= 4 is 66.9 Å². The summed E-state index contributed by atoms with van der Waals surface area (Å²) in [6, 6.07) is 36.1. The summed E-state index contributed by atoms with van der Waals surface area (Å²) in [7, 11) is 0. The van der Waals surface area contributed by atoms with Crippen molar-refractivity contribution in [3.05, 3.63) is 140 Å². The third-order valence-electron chi connectivity index (χ3n) is 14.0. The molecular formula is C54H50. The van der Waals surface area contributed by atoms with Crippen LogP contribution in [0.2, 0.25) is 0 Å². The third-order valence-corrected chi connectivity index (χ3v) is 14.0. The minimum Gasteiger partial charge on any atom is -0.0760 e. The molecule has 0 saturated carbocycles. The van der Waals surface area contributed by atoms with Crippen molar-refractivity contribution in [3.63, 3.8) is 0 Å². The van der Waals surface area contributed by atoms with Crippen molar-refractivity contribution in [2.75, 3.05) is 0 Å². The lowest BCUT2D eigenvalue weighted by Gasteiger charge is -2.31. The highest BCUT2D eigenvalue weighted by molar-refractivity contribution is 6.17. The minimum atomic E-state index is 0.150. The summed E-state index contributed by atoms with van der Waals surface area (Å²) in [5.74, 6) is 1.20. The van der Waals surface area contributed by atoms with Crippen molar-refractivity contribution in [3.8, 4) is 11.1 Å². The van der Waals surface area contributed by atoms with Crippen LogP contribution in [0.5, 0.6) is 0 Å². The maximum atomic E-state index is 2.55. The smallest absolute Gasteiger partial charge is 0.00239 e. The van der Waals surface area contributed by atoms with E-state index in [1.54, 1.807) is 16.7 Å². The monoisotopic (exact) mass is 698 g/mol. The fourth-order valence-corrected chi connectivity index (χ4v) is 10.9. The predicted molar refractivity (Wildman–Crippen MR) is 233 cm³/mol. The van der Waals surface area contributed by atoms with Crippen LogP contribution in [0.25, 0.3) is 78.0 Å². The molecule has 4 aliphatic carbocycles. The Labute approximate surface area is 319 Å². The Hall–Kier alpha value is -4.94. The minimum absolute atomic E-state index is 0.150. The number of fused-ring (bicyclic) bond motifs is 3. The van der Waals surface area contributed by atoms with Gasteiger partial charge in [-0.05, 0) is 176 Å². The number of hydrogen-bond acceptors (Lipinski definition) is 0. The molecule has 0 spiro atoms. The van der Waals surface area contributed by atoms with Crippen LogP contribution in [0.15, 0.2) is 96.6 Å². The Kier molecular flexibility index (Phi) is 6.80. The molecule has 4 aliphatic rings. The SMILES string of the molecule is CC(C)(C)c1cc2c3c4c(ccc3c1)=C(C1=Cc3ccc5cc(-c6ccc7ccc8c9c(ccc6c79)CC(C(C)(C)C)C=8)ccc5c3CC1)CCC4CC=2. The largest absolute Gasteiger partial charge is 0.0760 e. The van der Waals surface area contributed by atoms with Gasteiger partial charge in [0.1, 0.15) is 0 Å². The van der Waals surface area contributed by atoms with Crippen molar-refractivity contribution in [1.82, 2.24) is 0 Å². The van der Waals surface area contributed by atoms with Gasteiger partial charge in [0.05, 0.1) is 0 Å². The molecule has 7 aromatic rings. The van der Waals surface area contributed by atoms with Crippen LogP contribution < -0.4 is 15.7 Å². The first-order valence-corrected chi connectivity index (χ1v) is 20.6. The van der Waals surface area contributed by atoms with E-state index in [0.29, 0.717) is 11.8 Å². The first-order chi connectivity index (χ1) is 26.0. The predicted octanol–water partition coefficient (Wildman–Crippen LogP) is 12.2. The highest BCUT2D eigenvalue weighted by Crippen LogP contribution is 2.43. The van der Waals surface area contributed by atoms with E-state index in [-0.39, 0.29) is 10.8 Å². The molecule has 7 aromatic carbocycles. The van der Waals surface area contributed by atoms with E-state index in [1.807, 2.05) is 0 Å². The summed E-state index contributed by atoms with van der Waals surface area (Å²) in [5, 5.41) is 15.7. The molecular weight excluding hydrogens is 649 g/mol. The number of rotatable bonds is 2. The highest BCUT2D eigenvalue weighted by Gasteiger charge is 2.29. The van der Waals surface area contributed by atoms with E-state index >= 15 is 0 Å². The topological polar surface area (TPSA) is 0 Å². The molecule has 0 heterocycles. The Balaban J connectivity index is 1.00. The molecule has 0 bridgehead atoms. The molecule has 2 atom stereocenters. The normalized spacial score (nSPS) is 19.2. The zero-order valence-corrected chi connectivity index (χ0v) is 32.8. The first kappa shape index (κ1) is 32.5. The van der Waals surface area contributed by atoms with Gasteiger partial charge in [0, 0.05) is 0 Å². The fraction of sp³-hybridized carbons (Fsp3) is 0.296. The second-order valence-corrected chi connectivity index (χ2v) is 19.2. The number of benzene rings is 7. The van der Waals surface area contributed by atoms with Crippen LogP contribution in [0.1, 0.15) is 101 Å². The Morgan fingerprint density at radius 3 is 2.30 bits per heavy atom. The third kappa shape index (κ3) is 4.81. The average molecular weight is 699 g/mol. The van der Waals surface area contributed by atoms with Crippen LogP contribution in [0.4, 0.5) is 0 Å². The van der Waals surface area contributed by atoms with Crippen LogP contribution in [-0.2, 0) is 18.3 Å². The Morgan fingerprint density at radius 2 is 1.44 bits per heavy atom. The lowest BCUT2D eigenvalue weighted by molar-refractivity contribution is 0.306. The molecule has 2 unspecified atom stereocenters. The molecule has 0 saturated heterocycles. The molecule has 0 aromatic heterocycles. The lowest BCUT2D eigenvalue weighted by atomic mass is 9.73. The molecule has 266 valence electrons. The second kappa shape index (κ2) is 11.3. The van der Waals surface area contributed by atoms with Crippen LogP contribution in [-0.4, -0.2) is 0 Å². The second-order valence-electron chi connectivity index (χ2n) is 19.2. The van der Waals surface area contributed by atoms with Gasteiger partial charge in [0.15, 0.2) is 0 Å². The maximum absolute atomic E-state index is 2.55. The van der Waals surface area contributed by atoms with Gasteiger partial charge in [-0.1, -0.05) is 145 Å². The Bertz CT molecular complexity index is 3000. The van der Waals surface area contributed by atoms with Gasteiger partial charge in [-0.3, -0.25) is 0 Å². The fourth-order valence-electron chi connectivity index (χ4n) is 10.9. The van der Waals surface area contributed by atoms with Crippen molar-refractivity contribution in [1.29, 1.82) is 0 Å². The Morgan fingerprint density at radius 1 is 0.630 bits per heavy atom. The number of aryl methyl sites for hydroxylation is 1. The molecule has 11 rings (SSSR count). The van der Waals surface area contributed by atoms with Gasteiger partial charge in [0.25, 0.3) is 0 Å². The summed E-state index contributed by atoms with van der Waals surface area (Å²) in [5.41, 5.74) is 13.7. The van der Waals surface area contributed by atoms with Crippen LogP contribution >= 0.6 is 0 Å². The molecule has 0 nitrogen and oxygen atoms in total. The maximum Gasteiger partial charge on any atom is -0.00239 e. The zero-order chi connectivity index (χ0) is 36.7. The van der Waals surface area contributed by atoms with Gasteiger partial charge in [0.2, 0.25) is 0 Å². The summed E-state index contributed by atoms with van der Waals surface area (Å²) in [4.78, 5) is 0. The van der Waals surface area contributed by atoms with E-state index in [4.69, 9.17) is 0 Å². The molecule has 0 N–H and O–H groups in total. The molecule has 0 heteroatoms. The lowest BCUT2D eigenvalue weighted by Crippen LogP contribution is -2.29. The van der Waals surface area contributed by atoms with E-state index < -0.39 is 0 Å². The van der Waals surface area contributed by atoms with Crippen molar-refractivity contribution < 1.29 is 0 Å². The average Bonchev–Trinajstić information content (AvgIpc) is 3.17. The number of hydrogen-bond donors (Lipinski definition) is 0. The first-order valence-electron chi connectivity index (χ1n) is 20.6. The zero-order valence-electron chi connectivity index (χ0n) is 32.8. The summed E-state index contributed by atoms with van der Waals surface area (Å²) in [6.07, 6.45) is 14.6. The standard InChI is InChI=1S/C54H50/c1-53(2,3)41-27-37-11-7-31-13-19-45(47-23-17-39(29-41)49(37)51(31)47)35-15-21-43-33(25-35)9-10-34-26-36(16-22-44(34)43)46-20-14-32-8-12-38-28-42(54(4,5)6)30-40-18-24-48(46)52(32)50(38)40/h7,9-13,15,17-19,21,23-28,30,32,41H,8,14,16,20,22,29H2,1-6H3.